The highest BCUT2D eigenvalue weighted by molar-refractivity contribution is 5.85. The summed E-state index contributed by atoms with van der Waals surface area (Å²) in [4.78, 5) is 14.6. The molecule has 2 aliphatic heterocycles. The maximum Gasteiger partial charge on any atom is 0.239 e. The average molecular weight is 335 g/mol. The van der Waals surface area contributed by atoms with E-state index in [1.54, 1.807) is 0 Å². The van der Waals surface area contributed by atoms with Gasteiger partial charge in [0.25, 0.3) is 0 Å². The number of nitrogens with two attached hydrogens (primary N) is 1. The van der Waals surface area contributed by atoms with Crippen molar-refractivity contribution in [1.29, 1.82) is 0 Å². The van der Waals surface area contributed by atoms with Gasteiger partial charge in [0.15, 0.2) is 0 Å². The number of halogens is 1. The Hall–Kier alpha value is -0.360. The normalized spacial score (nSPS) is 24.4. The summed E-state index contributed by atoms with van der Waals surface area (Å²) in [6.45, 7) is 5.85. The first-order valence-corrected chi connectivity index (χ1v) is 8.46. The van der Waals surface area contributed by atoms with Gasteiger partial charge in [-0.2, -0.15) is 0 Å². The van der Waals surface area contributed by atoms with E-state index in [1.165, 1.54) is 6.42 Å². The summed E-state index contributed by atoms with van der Waals surface area (Å²) in [5, 5.41) is 0. The molecular weight excluding hydrogens is 304 g/mol. The van der Waals surface area contributed by atoms with Gasteiger partial charge in [-0.15, -0.1) is 12.4 Å². The van der Waals surface area contributed by atoms with E-state index in [0.717, 1.165) is 58.5 Å². The molecule has 2 atom stereocenters. The van der Waals surface area contributed by atoms with E-state index in [-0.39, 0.29) is 36.4 Å². The van der Waals surface area contributed by atoms with Crippen LogP contribution in [-0.4, -0.2) is 55.9 Å². The molecular formula is C16H31ClN2O3. The smallest absolute Gasteiger partial charge is 0.239 e. The average Bonchev–Trinajstić information content (AvgIpc) is 2.55. The molecule has 22 heavy (non-hydrogen) atoms. The van der Waals surface area contributed by atoms with Crippen molar-refractivity contribution in [3.63, 3.8) is 0 Å². The van der Waals surface area contributed by atoms with E-state index < -0.39 is 0 Å². The number of hydrogen-bond acceptors (Lipinski definition) is 4. The monoisotopic (exact) mass is 334 g/mol. The first kappa shape index (κ1) is 19.7. The topological polar surface area (TPSA) is 64.8 Å². The number of carbonyl (C=O) groups is 1. The van der Waals surface area contributed by atoms with Crippen molar-refractivity contribution in [3.8, 4) is 0 Å². The van der Waals surface area contributed by atoms with Gasteiger partial charge in [-0.1, -0.05) is 6.92 Å². The molecule has 0 aromatic heterocycles. The molecule has 0 bridgehead atoms. The van der Waals surface area contributed by atoms with Crippen molar-refractivity contribution in [2.75, 3.05) is 32.9 Å². The van der Waals surface area contributed by atoms with Crippen LogP contribution < -0.4 is 5.73 Å². The lowest BCUT2D eigenvalue weighted by atomic mass is 9.91. The second kappa shape index (κ2) is 10.4. The zero-order valence-electron chi connectivity index (χ0n) is 13.7. The predicted molar refractivity (Wildman–Crippen MR) is 89.2 cm³/mol. The van der Waals surface area contributed by atoms with Crippen molar-refractivity contribution in [3.05, 3.63) is 0 Å². The van der Waals surface area contributed by atoms with E-state index in [9.17, 15) is 4.79 Å². The zero-order valence-corrected chi connectivity index (χ0v) is 14.5. The summed E-state index contributed by atoms with van der Waals surface area (Å²) >= 11 is 0. The number of rotatable bonds is 6. The van der Waals surface area contributed by atoms with Crippen molar-refractivity contribution < 1.29 is 14.3 Å². The van der Waals surface area contributed by atoms with Crippen LogP contribution in [-0.2, 0) is 14.3 Å². The lowest BCUT2D eigenvalue weighted by Gasteiger charge is -2.34. The highest BCUT2D eigenvalue weighted by Crippen LogP contribution is 2.20. The molecule has 0 radical (unpaired) electrons. The van der Waals surface area contributed by atoms with Crippen LogP contribution in [0.15, 0.2) is 0 Å². The Morgan fingerprint density at radius 2 is 1.95 bits per heavy atom. The standard InChI is InChI=1S/C16H30N2O3.ClH/c1-2-8-18(12-14-5-3-4-9-21-14)16(19)15(17)13-6-10-20-11-7-13;/h13-15H,2-12,17H2,1H3;1H. The van der Waals surface area contributed by atoms with E-state index in [0.29, 0.717) is 6.54 Å². The van der Waals surface area contributed by atoms with Gasteiger partial charge < -0.3 is 20.1 Å². The minimum Gasteiger partial charge on any atom is -0.381 e. The molecule has 2 fully saturated rings. The molecule has 1 amide bonds. The fraction of sp³-hybridized carbons (Fsp3) is 0.938. The van der Waals surface area contributed by atoms with Crippen LogP contribution in [0.5, 0.6) is 0 Å². The summed E-state index contributed by atoms with van der Waals surface area (Å²) in [6, 6.07) is -0.385. The summed E-state index contributed by atoms with van der Waals surface area (Å²) in [5.74, 6) is 0.357. The Bertz CT molecular complexity index is 319. The molecule has 6 heteroatoms. The Balaban J connectivity index is 0.00000242. The Labute approximate surface area is 140 Å². The lowest BCUT2D eigenvalue weighted by molar-refractivity contribution is -0.137. The Morgan fingerprint density at radius 1 is 1.23 bits per heavy atom. The lowest BCUT2D eigenvalue weighted by Crippen LogP contribution is -2.51. The molecule has 0 spiro atoms. The van der Waals surface area contributed by atoms with Crippen LogP contribution in [0.2, 0.25) is 0 Å². The fourth-order valence-electron chi connectivity index (χ4n) is 3.25. The van der Waals surface area contributed by atoms with Crippen molar-refractivity contribution >= 4 is 18.3 Å². The van der Waals surface area contributed by atoms with E-state index >= 15 is 0 Å². The first-order chi connectivity index (χ1) is 10.2. The van der Waals surface area contributed by atoms with Gasteiger partial charge in [0.2, 0.25) is 5.91 Å². The van der Waals surface area contributed by atoms with Gasteiger partial charge in [0.05, 0.1) is 12.1 Å². The quantitative estimate of drug-likeness (QED) is 0.806. The number of amides is 1. The minimum atomic E-state index is -0.385. The SMILES string of the molecule is CCCN(CC1CCCCO1)C(=O)C(N)C1CCOCC1.Cl. The second-order valence-electron chi connectivity index (χ2n) is 6.25. The van der Waals surface area contributed by atoms with Crippen molar-refractivity contribution in [2.45, 2.75) is 57.6 Å². The number of ether oxygens (including phenoxy) is 2. The van der Waals surface area contributed by atoms with Crippen LogP contribution in [0.4, 0.5) is 0 Å². The zero-order chi connectivity index (χ0) is 15.1. The molecule has 2 rings (SSSR count). The third-order valence-electron chi connectivity index (χ3n) is 4.56. The van der Waals surface area contributed by atoms with Gasteiger partial charge in [-0.3, -0.25) is 4.79 Å². The molecule has 0 aliphatic carbocycles. The third-order valence-corrected chi connectivity index (χ3v) is 4.56. The second-order valence-corrected chi connectivity index (χ2v) is 6.25. The van der Waals surface area contributed by atoms with Crippen molar-refractivity contribution in [1.82, 2.24) is 4.90 Å². The fourth-order valence-corrected chi connectivity index (χ4v) is 3.25. The molecule has 5 nitrogen and oxygen atoms in total. The number of carbonyl (C=O) groups excluding carboxylic acids is 1. The summed E-state index contributed by atoms with van der Waals surface area (Å²) in [7, 11) is 0. The van der Waals surface area contributed by atoms with Crippen molar-refractivity contribution in [2.24, 2.45) is 11.7 Å². The van der Waals surface area contributed by atoms with Crippen LogP contribution in [0.25, 0.3) is 0 Å². The minimum absolute atomic E-state index is 0. The molecule has 2 saturated heterocycles. The van der Waals surface area contributed by atoms with Crippen LogP contribution in [0.1, 0.15) is 45.4 Å². The van der Waals surface area contributed by atoms with Gasteiger partial charge in [0.1, 0.15) is 0 Å². The van der Waals surface area contributed by atoms with Gasteiger partial charge in [-0.05, 0) is 44.4 Å². The molecule has 0 saturated carbocycles. The number of nitrogens with zero attached hydrogens (tertiary/aromatic N) is 1. The largest absolute Gasteiger partial charge is 0.381 e. The first-order valence-electron chi connectivity index (χ1n) is 8.46. The highest BCUT2D eigenvalue weighted by atomic mass is 35.5. The van der Waals surface area contributed by atoms with E-state index in [4.69, 9.17) is 15.2 Å². The van der Waals surface area contributed by atoms with Crippen LogP contribution >= 0.6 is 12.4 Å². The van der Waals surface area contributed by atoms with Gasteiger partial charge >= 0.3 is 0 Å². The third kappa shape index (κ3) is 5.69. The number of hydrogen-bond donors (Lipinski definition) is 1. The summed E-state index contributed by atoms with van der Waals surface area (Å²) < 4.78 is 11.1. The van der Waals surface area contributed by atoms with E-state index in [2.05, 4.69) is 6.92 Å². The molecule has 2 aliphatic rings. The maximum absolute atomic E-state index is 12.7. The van der Waals surface area contributed by atoms with Gasteiger partial charge in [0, 0.05) is 32.9 Å². The predicted octanol–water partition coefficient (Wildman–Crippen LogP) is 1.97. The molecule has 2 N–H and O–H groups in total. The molecule has 130 valence electrons. The van der Waals surface area contributed by atoms with Crippen LogP contribution in [0, 0.1) is 5.92 Å². The van der Waals surface area contributed by atoms with E-state index in [1.807, 2.05) is 4.90 Å². The molecule has 0 aromatic rings. The molecule has 2 unspecified atom stereocenters. The highest BCUT2D eigenvalue weighted by Gasteiger charge is 2.31. The van der Waals surface area contributed by atoms with Crippen LogP contribution in [0.3, 0.4) is 0 Å². The summed E-state index contributed by atoms with van der Waals surface area (Å²) in [5.41, 5.74) is 6.24. The summed E-state index contributed by atoms with van der Waals surface area (Å²) in [6.07, 6.45) is 6.33. The Morgan fingerprint density at radius 3 is 2.55 bits per heavy atom. The van der Waals surface area contributed by atoms with Gasteiger partial charge in [-0.25, -0.2) is 0 Å². The molecule has 0 aromatic carbocycles. The molecule has 2 heterocycles. The Kier molecular flexibility index (Phi) is 9.33. The maximum atomic E-state index is 12.7.